The fourth-order valence-electron chi connectivity index (χ4n) is 5.53. The zero-order valence-electron chi connectivity index (χ0n) is 20.8. The summed E-state index contributed by atoms with van der Waals surface area (Å²) < 4.78 is 16.9. The minimum absolute atomic E-state index is 0.0137. The van der Waals surface area contributed by atoms with Crippen LogP contribution in [0, 0.1) is 0 Å². The Labute approximate surface area is 208 Å². The molecule has 0 radical (unpaired) electrons. The van der Waals surface area contributed by atoms with Gasteiger partial charge in [0.2, 0.25) is 0 Å². The van der Waals surface area contributed by atoms with Crippen molar-refractivity contribution >= 4 is 5.91 Å². The van der Waals surface area contributed by atoms with E-state index in [1.54, 1.807) is 0 Å². The van der Waals surface area contributed by atoms with Crippen molar-refractivity contribution in [2.75, 3.05) is 33.4 Å². The molecule has 1 N–H and O–H groups in total. The van der Waals surface area contributed by atoms with E-state index < -0.39 is 0 Å². The van der Waals surface area contributed by atoms with Crippen molar-refractivity contribution in [3.8, 4) is 5.75 Å². The summed E-state index contributed by atoms with van der Waals surface area (Å²) in [7, 11) is 1.82. The molecule has 3 aliphatic rings. The average molecular weight is 479 g/mol. The lowest BCUT2D eigenvalue weighted by Gasteiger charge is -2.31. The minimum Gasteiger partial charge on any atom is -0.491 e. The molecule has 5 rings (SSSR count). The first kappa shape index (κ1) is 24.3. The van der Waals surface area contributed by atoms with Gasteiger partial charge in [-0.1, -0.05) is 18.2 Å². The maximum absolute atomic E-state index is 12.8. The number of nitrogens with zero attached hydrogens (tertiary/aromatic N) is 1. The number of carbonyl (C=O) groups excluding carboxylic acids is 1. The molecule has 2 atom stereocenters. The molecule has 2 saturated heterocycles. The molecule has 1 amide bonds. The lowest BCUT2D eigenvalue weighted by Crippen LogP contribution is -2.39. The van der Waals surface area contributed by atoms with Gasteiger partial charge >= 0.3 is 0 Å². The number of nitrogens with one attached hydrogen (secondary N) is 1. The number of carbonyl (C=O) groups is 1. The molecule has 188 valence electrons. The highest BCUT2D eigenvalue weighted by Crippen LogP contribution is 2.25. The Morgan fingerprint density at radius 3 is 2.63 bits per heavy atom. The molecule has 1 aliphatic carbocycles. The number of rotatable bonds is 8. The third kappa shape index (κ3) is 6.43. The van der Waals surface area contributed by atoms with Gasteiger partial charge in [0, 0.05) is 45.0 Å². The Morgan fingerprint density at radius 1 is 1.06 bits per heavy atom. The standard InChI is InChI=1S/C29H38N2O4/c1-33-26-12-14-31(15-13-26)19-21-4-5-24-18-25(9-6-23(24)17-21)30-29(32)22-7-10-27(11-8-22)35-20-28-3-2-16-34-28/h4-5,7-8,10-11,17,25-26,28H,2-3,6,9,12-16,18-20H2,1H3,(H,30,32)/t25-,28-/m0/s1. The normalized spacial score (nSPS) is 23.1. The van der Waals surface area contributed by atoms with Crippen molar-refractivity contribution in [3.05, 3.63) is 64.7 Å². The van der Waals surface area contributed by atoms with E-state index in [9.17, 15) is 4.79 Å². The van der Waals surface area contributed by atoms with Gasteiger partial charge in [0.05, 0.1) is 12.2 Å². The van der Waals surface area contributed by atoms with Gasteiger partial charge in [0.25, 0.3) is 5.91 Å². The van der Waals surface area contributed by atoms with Crippen LogP contribution in [0.5, 0.6) is 5.75 Å². The van der Waals surface area contributed by atoms with Crippen LogP contribution in [-0.4, -0.2) is 62.5 Å². The van der Waals surface area contributed by atoms with E-state index in [-0.39, 0.29) is 18.1 Å². The summed E-state index contributed by atoms with van der Waals surface area (Å²) in [5, 5.41) is 3.24. The molecule has 2 aromatic carbocycles. The minimum atomic E-state index is -0.0137. The molecule has 0 aromatic heterocycles. The summed E-state index contributed by atoms with van der Waals surface area (Å²) in [6, 6.07) is 14.5. The van der Waals surface area contributed by atoms with Crippen molar-refractivity contribution in [3.63, 3.8) is 0 Å². The van der Waals surface area contributed by atoms with Crippen molar-refractivity contribution < 1.29 is 19.0 Å². The number of hydrogen-bond donors (Lipinski definition) is 1. The highest BCUT2D eigenvalue weighted by Gasteiger charge is 2.23. The molecule has 2 aliphatic heterocycles. The molecule has 0 spiro atoms. The number of hydrogen-bond acceptors (Lipinski definition) is 5. The first-order valence-electron chi connectivity index (χ1n) is 13.2. The molecule has 0 unspecified atom stereocenters. The van der Waals surface area contributed by atoms with Crippen LogP contribution in [0.2, 0.25) is 0 Å². The van der Waals surface area contributed by atoms with Crippen LogP contribution in [-0.2, 0) is 28.9 Å². The zero-order valence-corrected chi connectivity index (χ0v) is 20.8. The quantitative estimate of drug-likeness (QED) is 0.618. The highest BCUT2D eigenvalue weighted by molar-refractivity contribution is 5.94. The summed E-state index contributed by atoms with van der Waals surface area (Å²) in [6.07, 6.45) is 7.89. The second kappa shape index (κ2) is 11.5. The Hall–Kier alpha value is -2.41. The van der Waals surface area contributed by atoms with E-state index in [0.717, 1.165) is 76.9 Å². The Kier molecular flexibility index (Phi) is 8.02. The SMILES string of the molecule is COC1CCN(Cc2ccc3c(c2)CC[C@H](NC(=O)c2ccc(OC[C@@H]4CCCO4)cc2)C3)CC1. The van der Waals surface area contributed by atoms with Gasteiger partial charge in [-0.05, 0) is 85.9 Å². The molecular formula is C29H38N2O4. The smallest absolute Gasteiger partial charge is 0.251 e. The number of amides is 1. The summed E-state index contributed by atoms with van der Waals surface area (Å²) in [6.45, 7) is 4.62. The topological polar surface area (TPSA) is 60.0 Å². The molecule has 2 heterocycles. The second-order valence-electron chi connectivity index (χ2n) is 10.2. The van der Waals surface area contributed by atoms with Crippen molar-refractivity contribution in [2.45, 2.75) is 69.7 Å². The molecular weight excluding hydrogens is 440 g/mol. The highest BCUT2D eigenvalue weighted by atomic mass is 16.5. The maximum atomic E-state index is 12.8. The van der Waals surface area contributed by atoms with E-state index in [1.165, 1.54) is 16.7 Å². The summed E-state index contributed by atoms with van der Waals surface area (Å²) in [5.41, 5.74) is 4.87. The molecule has 2 fully saturated rings. The predicted molar refractivity (Wildman–Crippen MR) is 136 cm³/mol. The van der Waals surface area contributed by atoms with Gasteiger partial charge in [-0.15, -0.1) is 0 Å². The molecule has 6 nitrogen and oxygen atoms in total. The zero-order chi connectivity index (χ0) is 24.0. The molecule has 0 saturated carbocycles. The molecule has 35 heavy (non-hydrogen) atoms. The van der Waals surface area contributed by atoms with Gasteiger partial charge in [-0.25, -0.2) is 0 Å². The lowest BCUT2D eigenvalue weighted by molar-refractivity contribution is 0.0388. The van der Waals surface area contributed by atoms with E-state index in [4.69, 9.17) is 14.2 Å². The Morgan fingerprint density at radius 2 is 1.89 bits per heavy atom. The van der Waals surface area contributed by atoms with Crippen LogP contribution < -0.4 is 10.1 Å². The van der Waals surface area contributed by atoms with E-state index in [0.29, 0.717) is 18.3 Å². The van der Waals surface area contributed by atoms with E-state index in [2.05, 4.69) is 28.4 Å². The van der Waals surface area contributed by atoms with Crippen LogP contribution in [0.25, 0.3) is 0 Å². The third-order valence-corrected chi connectivity index (χ3v) is 7.68. The number of benzene rings is 2. The number of likely N-dealkylation sites (tertiary alicyclic amines) is 1. The van der Waals surface area contributed by atoms with Gasteiger partial charge < -0.3 is 19.5 Å². The fourth-order valence-corrected chi connectivity index (χ4v) is 5.53. The second-order valence-corrected chi connectivity index (χ2v) is 10.2. The maximum Gasteiger partial charge on any atom is 0.251 e. The Bertz CT molecular complexity index is 979. The number of aryl methyl sites for hydroxylation is 1. The molecule has 0 bridgehead atoms. The monoisotopic (exact) mass is 478 g/mol. The fraction of sp³-hybridized carbons (Fsp3) is 0.552. The van der Waals surface area contributed by atoms with Crippen LogP contribution >= 0.6 is 0 Å². The lowest BCUT2D eigenvalue weighted by atomic mass is 9.87. The van der Waals surface area contributed by atoms with Crippen LogP contribution in [0.3, 0.4) is 0 Å². The van der Waals surface area contributed by atoms with Gasteiger partial charge in [-0.3, -0.25) is 9.69 Å². The number of ether oxygens (including phenoxy) is 3. The van der Waals surface area contributed by atoms with Crippen LogP contribution in [0.15, 0.2) is 42.5 Å². The van der Waals surface area contributed by atoms with Crippen LogP contribution in [0.4, 0.5) is 0 Å². The Balaban J connectivity index is 1.10. The number of fused-ring (bicyclic) bond motifs is 1. The van der Waals surface area contributed by atoms with E-state index in [1.807, 2.05) is 31.4 Å². The summed E-state index contributed by atoms with van der Waals surface area (Å²) >= 11 is 0. The summed E-state index contributed by atoms with van der Waals surface area (Å²) in [4.78, 5) is 15.4. The van der Waals surface area contributed by atoms with Gasteiger partial charge in [0.1, 0.15) is 12.4 Å². The van der Waals surface area contributed by atoms with Crippen LogP contribution in [0.1, 0.15) is 59.2 Å². The molecule has 6 heteroatoms. The van der Waals surface area contributed by atoms with Crippen molar-refractivity contribution in [1.82, 2.24) is 10.2 Å². The van der Waals surface area contributed by atoms with Crippen molar-refractivity contribution in [1.29, 1.82) is 0 Å². The largest absolute Gasteiger partial charge is 0.491 e. The number of piperidine rings is 1. The first-order valence-corrected chi connectivity index (χ1v) is 13.2. The van der Waals surface area contributed by atoms with E-state index >= 15 is 0 Å². The average Bonchev–Trinajstić information content (AvgIpc) is 3.42. The van der Waals surface area contributed by atoms with Gasteiger partial charge in [0.15, 0.2) is 0 Å². The molecule has 2 aromatic rings. The van der Waals surface area contributed by atoms with Gasteiger partial charge in [-0.2, -0.15) is 0 Å². The first-order chi connectivity index (χ1) is 17.2. The number of methoxy groups -OCH3 is 1. The van der Waals surface area contributed by atoms with Crippen molar-refractivity contribution in [2.24, 2.45) is 0 Å². The third-order valence-electron chi connectivity index (χ3n) is 7.68. The summed E-state index contributed by atoms with van der Waals surface area (Å²) in [5.74, 6) is 0.766. The predicted octanol–water partition coefficient (Wildman–Crippen LogP) is 4.14.